The Kier molecular flexibility index (Phi) is 4.42. The summed E-state index contributed by atoms with van der Waals surface area (Å²) in [4.78, 5) is 17.2. The average molecular weight is 322 g/mol. The predicted octanol–water partition coefficient (Wildman–Crippen LogP) is 3.25. The molecule has 5 nitrogen and oxygen atoms in total. The number of anilines is 1. The fraction of sp³-hybridized carbons (Fsp3) is 0.385. The average Bonchev–Trinajstić information content (AvgIpc) is 2.42. The lowest BCUT2D eigenvalue weighted by Crippen LogP contribution is -2.07. The second-order valence-corrected chi connectivity index (χ2v) is 5.17. The van der Waals surface area contributed by atoms with Gasteiger partial charge in [0.1, 0.15) is 17.8 Å². The smallest absolute Gasteiger partial charge is 0.180 e. The van der Waals surface area contributed by atoms with Crippen LogP contribution >= 0.6 is 15.9 Å². The maximum absolute atomic E-state index is 4.60. The minimum Gasteiger partial charge on any atom is -0.369 e. The van der Waals surface area contributed by atoms with Crippen molar-refractivity contribution in [3.8, 4) is 11.5 Å². The number of nitrogens with zero attached hydrogens (tertiary/aromatic N) is 4. The second kappa shape index (κ2) is 6.06. The number of halogens is 1. The summed E-state index contributed by atoms with van der Waals surface area (Å²) in [5.74, 6) is 1.72. The Morgan fingerprint density at radius 2 is 2.11 bits per heavy atom. The summed E-state index contributed by atoms with van der Waals surface area (Å²) in [5.41, 5.74) is 1.70. The third-order valence-electron chi connectivity index (χ3n) is 2.58. The fourth-order valence-corrected chi connectivity index (χ4v) is 2.44. The topological polar surface area (TPSA) is 63.6 Å². The van der Waals surface area contributed by atoms with Crippen LogP contribution in [0.25, 0.3) is 11.5 Å². The van der Waals surface area contributed by atoms with Crippen molar-refractivity contribution < 1.29 is 0 Å². The molecule has 0 aliphatic carbocycles. The van der Waals surface area contributed by atoms with Crippen molar-refractivity contribution in [2.45, 2.75) is 26.7 Å². The van der Waals surface area contributed by atoms with Crippen molar-refractivity contribution in [2.24, 2.45) is 0 Å². The van der Waals surface area contributed by atoms with Gasteiger partial charge in [0.2, 0.25) is 0 Å². The van der Waals surface area contributed by atoms with Gasteiger partial charge in [-0.2, -0.15) is 0 Å². The van der Waals surface area contributed by atoms with Crippen LogP contribution in [0.4, 0.5) is 5.82 Å². The molecule has 2 rings (SSSR count). The third kappa shape index (κ3) is 3.07. The Bertz CT molecular complexity index is 556. The van der Waals surface area contributed by atoms with Crippen LogP contribution in [0.1, 0.15) is 32.4 Å². The van der Waals surface area contributed by atoms with Crippen molar-refractivity contribution >= 4 is 21.7 Å². The molecule has 0 fully saturated rings. The Morgan fingerprint density at radius 1 is 1.32 bits per heavy atom. The van der Waals surface area contributed by atoms with Gasteiger partial charge in [-0.05, 0) is 34.8 Å². The lowest BCUT2D eigenvalue weighted by atomic mass is 10.1. The Labute approximate surface area is 121 Å². The summed E-state index contributed by atoms with van der Waals surface area (Å²) in [6, 6.07) is 1.81. The van der Waals surface area contributed by atoms with Crippen molar-refractivity contribution in [3.05, 3.63) is 28.8 Å². The van der Waals surface area contributed by atoms with E-state index in [2.05, 4.69) is 55.0 Å². The van der Waals surface area contributed by atoms with Gasteiger partial charge in [-0.3, -0.25) is 0 Å². The number of aromatic nitrogens is 4. The first-order valence-electron chi connectivity index (χ1n) is 6.21. The molecule has 0 radical (unpaired) electrons. The van der Waals surface area contributed by atoms with E-state index in [9.17, 15) is 0 Å². The maximum atomic E-state index is 4.60. The lowest BCUT2D eigenvalue weighted by Gasteiger charge is -2.13. The molecule has 0 aliphatic heterocycles. The molecule has 0 saturated carbocycles. The molecule has 19 heavy (non-hydrogen) atoms. The fourth-order valence-electron chi connectivity index (χ4n) is 1.67. The number of hydrogen-bond acceptors (Lipinski definition) is 5. The van der Waals surface area contributed by atoms with E-state index >= 15 is 0 Å². The zero-order valence-electron chi connectivity index (χ0n) is 11.2. The zero-order chi connectivity index (χ0) is 13.8. The van der Waals surface area contributed by atoms with E-state index in [0.29, 0.717) is 11.7 Å². The Hall–Kier alpha value is -1.56. The highest BCUT2D eigenvalue weighted by Gasteiger charge is 2.15. The molecule has 2 heterocycles. The summed E-state index contributed by atoms with van der Waals surface area (Å²) < 4.78 is 0.919. The zero-order valence-corrected chi connectivity index (χ0v) is 12.8. The molecule has 0 aromatic carbocycles. The van der Waals surface area contributed by atoms with Gasteiger partial charge in [-0.25, -0.2) is 19.9 Å². The van der Waals surface area contributed by atoms with Crippen LogP contribution in [0, 0.1) is 0 Å². The van der Waals surface area contributed by atoms with Crippen LogP contribution < -0.4 is 5.32 Å². The molecule has 0 atom stereocenters. The van der Waals surface area contributed by atoms with Crippen LogP contribution in [0.2, 0.25) is 0 Å². The van der Waals surface area contributed by atoms with E-state index in [4.69, 9.17) is 0 Å². The highest BCUT2D eigenvalue weighted by atomic mass is 79.9. The molecular formula is C13H16BrN5. The first-order valence-corrected chi connectivity index (χ1v) is 7.00. The maximum Gasteiger partial charge on any atom is 0.180 e. The number of hydrogen-bond donors (Lipinski definition) is 1. The summed E-state index contributed by atoms with van der Waals surface area (Å²) in [5, 5.41) is 3.24. The molecule has 0 saturated heterocycles. The van der Waals surface area contributed by atoms with Crippen molar-refractivity contribution in [3.63, 3.8) is 0 Å². The van der Waals surface area contributed by atoms with Gasteiger partial charge in [-0.15, -0.1) is 0 Å². The highest BCUT2D eigenvalue weighted by Crippen LogP contribution is 2.30. The van der Waals surface area contributed by atoms with Gasteiger partial charge in [-0.1, -0.05) is 13.8 Å². The van der Waals surface area contributed by atoms with Gasteiger partial charge < -0.3 is 5.32 Å². The summed E-state index contributed by atoms with van der Waals surface area (Å²) in [6.45, 7) is 7.05. The van der Waals surface area contributed by atoms with Crippen molar-refractivity contribution in [2.75, 3.05) is 11.9 Å². The van der Waals surface area contributed by atoms with E-state index in [1.54, 1.807) is 6.20 Å². The largest absolute Gasteiger partial charge is 0.369 e. The van der Waals surface area contributed by atoms with E-state index in [-0.39, 0.29) is 0 Å². The van der Waals surface area contributed by atoms with Gasteiger partial charge in [0, 0.05) is 12.7 Å². The monoisotopic (exact) mass is 321 g/mol. The first kappa shape index (κ1) is 13.9. The quantitative estimate of drug-likeness (QED) is 0.936. The molecule has 2 aromatic rings. The molecule has 0 unspecified atom stereocenters. The summed E-state index contributed by atoms with van der Waals surface area (Å²) >= 11 is 3.57. The number of nitrogens with one attached hydrogen (secondary N) is 1. The van der Waals surface area contributed by atoms with E-state index < -0.39 is 0 Å². The molecule has 0 aliphatic rings. The second-order valence-electron chi connectivity index (χ2n) is 4.37. The van der Waals surface area contributed by atoms with Crippen molar-refractivity contribution in [1.82, 2.24) is 19.9 Å². The van der Waals surface area contributed by atoms with Crippen molar-refractivity contribution in [1.29, 1.82) is 0 Å². The first-order chi connectivity index (χ1) is 9.13. The van der Waals surface area contributed by atoms with E-state index in [0.717, 1.165) is 28.2 Å². The van der Waals surface area contributed by atoms with Crippen LogP contribution in [0.15, 0.2) is 23.1 Å². The summed E-state index contributed by atoms with van der Waals surface area (Å²) in [6.07, 6.45) is 3.19. The van der Waals surface area contributed by atoms with E-state index in [1.165, 1.54) is 6.33 Å². The Morgan fingerprint density at radius 3 is 2.68 bits per heavy atom. The molecule has 0 amide bonds. The minimum atomic E-state index is 0.301. The standard InChI is InChI=1S/C13H16BrN5/c1-4-16-13-10(14)11(8(2)3)18-12(19-13)9-5-6-15-7-17-9/h5-8H,4H2,1-3H3,(H,16,18,19). The lowest BCUT2D eigenvalue weighted by molar-refractivity contribution is 0.808. The molecule has 6 heteroatoms. The van der Waals surface area contributed by atoms with Crippen LogP contribution in [-0.4, -0.2) is 26.5 Å². The van der Waals surface area contributed by atoms with Crippen LogP contribution in [-0.2, 0) is 0 Å². The van der Waals surface area contributed by atoms with Gasteiger partial charge in [0.25, 0.3) is 0 Å². The minimum absolute atomic E-state index is 0.301. The third-order valence-corrected chi connectivity index (χ3v) is 3.36. The molecule has 1 N–H and O–H groups in total. The summed E-state index contributed by atoms with van der Waals surface area (Å²) in [7, 11) is 0. The number of rotatable bonds is 4. The van der Waals surface area contributed by atoms with Gasteiger partial charge in [0.05, 0.1) is 10.2 Å². The Balaban J connectivity index is 2.56. The molecule has 100 valence electrons. The van der Waals surface area contributed by atoms with Gasteiger partial charge >= 0.3 is 0 Å². The highest BCUT2D eigenvalue weighted by molar-refractivity contribution is 9.10. The predicted molar refractivity (Wildman–Crippen MR) is 79.0 cm³/mol. The molecule has 2 aromatic heterocycles. The van der Waals surface area contributed by atoms with E-state index in [1.807, 2.05) is 13.0 Å². The van der Waals surface area contributed by atoms with Gasteiger partial charge in [0.15, 0.2) is 5.82 Å². The SMILES string of the molecule is CCNc1nc(-c2ccncn2)nc(C(C)C)c1Br. The molecular weight excluding hydrogens is 306 g/mol. The molecule has 0 bridgehead atoms. The van der Waals surface area contributed by atoms with Crippen LogP contribution in [0.3, 0.4) is 0 Å². The normalized spacial score (nSPS) is 10.8. The van der Waals surface area contributed by atoms with Crippen LogP contribution in [0.5, 0.6) is 0 Å². The molecule has 0 spiro atoms.